The number of nitrogens with one attached hydrogen (secondary N) is 1. The van der Waals surface area contributed by atoms with E-state index >= 15 is 0 Å². The Morgan fingerprint density at radius 2 is 1.97 bits per heavy atom. The SMILES string of the molecule is O=C(CN1CCOCC1)N/N=C/c1cc(Cl)c(OCc2ccc(C(=O)O)cc2)c(Br)c1. The molecule has 2 N–H and O–H groups in total. The summed E-state index contributed by atoms with van der Waals surface area (Å²) in [5.41, 5.74) is 4.21. The summed E-state index contributed by atoms with van der Waals surface area (Å²) in [6, 6.07) is 9.85. The number of carbonyl (C=O) groups is 2. The van der Waals surface area contributed by atoms with E-state index in [2.05, 4.69) is 26.5 Å². The Morgan fingerprint density at radius 1 is 1.26 bits per heavy atom. The van der Waals surface area contributed by atoms with Crippen LogP contribution in [0.15, 0.2) is 46.0 Å². The van der Waals surface area contributed by atoms with Gasteiger partial charge < -0.3 is 14.6 Å². The summed E-state index contributed by atoms with van der Waals surface area (Å²) >= 11 is 9.77. The molecule has 8 nitrogen and oxygen atoms in total. The maximum Gasteiger partial charge on any atom is 0.335 e. The molecule has 10 heteroatoms. The van der Waals surface area contributed by atoms with Crippen LogP contribution in [-0.4, -0.2) is 60.9 Å². The van der Waals surface area contributed by atoms with Crippen molar-refractivity contribution in [3.63, 3.8) is 0 Å². The predicted octanol–water partition coefficient (Wildman–Crippen LogP) is 3.16. The molecule has 2 aromatic rings. The lowest BCUT2D eigenvalue weighted by atomic mass is 10.1. The average Bonchev–Trinajstić information content (AvgIpc) is 2.74. The Morgan fingerprint density at radius 3 is 2.61 bits per heavy atom. The van der Waals surface area contributed by atoms with Crippen LogP contribution in [0.1, 0.15) is 21.5 Å². The van der Waals surface area contributed by atoms with Crippen molar-refractivity contribution in [3.05, 3.63) is 62.6 Å². The van der Waals surface area contributed by atoms with E-state index in [1.807, 2.05) is 4.90 Å². The number of benzene rings is 2. The molecule has 0 spiro atoms. The molecule has 164 valence electrons. The van der Waals surface area contributed by atoms with Gasteiger partial charge in [0.05, 0.1) is 41.0 Å². The Hall–Kier alpha value is -2.46. The van der Waals surface area contributed by atoms with Crippen molar-refractivity contribution in [1.29, 1.82) is 0 Å². The second-order valence-corrected chi connectivity index (χ2v) is 8.05. The molecule has 0 atom stereocenters. The molecule has 1 saturated heterocycles. The molecule has 31 heavy (non-hydrogen) atoms. The summed E-state index contributed by atoms with van der Waals surface area (Å²) in [5.74, 6) is -0.720. The van der Waals surface area contributed by atoms with Crippen LogP contribution >= 0.6 is 27.5 Å². The summed E-state index contributed by atoms with van der Waals surface area (Å²) < 4.78 is 11.7. The molecule has 1 heterocycles. The number of hydrogen-bond donors (Lipinski definition) is 2. The van der Waals surface area contributed by atoms with Gasteiger partial charge in [-0.3, -0.25) is 9.69 Å². The predicted molar refractivity (Wildman–Crippen MR) is 120 cm³/mol. The lowest BCUT2D eigenvalue weighted by molar-refractivity contribution is -0.123. The van der Waals surface area contributed by atoms with Crippen molar-refractivity contribution in [1.82, 2.24) is 10.3 Å². The number of hydrazone groups is 1. The van der Waals surface area contributed by atoms with E-state index in [4.69, 9.17) is 26.2 Å². The number of ether oxygens (including phenoxy) is 2. The van der Waals surface area contributed by atoms with E-state index in [9.17, 15) is 9.59 Å². The van der Waals surface area contributed by atoms with E-state index in [1.54, 1.807) is 24.3 Å². The summed E-state index contributed by atoms with van der Waals surface area (Å²) in [7, 11) is 0. The number of halogens is 2. The minimum Gasteiger partial charge on any atom is -0.486 e. The van der Waals surface area contributed by atoms with Crippen molar-refractivity contribution in [2.24, 2.45) is 5.10 Å². The first-order valence-electron chi connectivity index (χ1n) is 9.48. The summed E-state index contributed by atoms with van der Waals surface area (Å²) in [4.78, 5) is 24.9. The van der Waals surface area contributed by atoms with Crippen molar-refractivity contribution >= 4 is 45.6 Å². The summed E-state index contributed by atoms with van der Waals surface area (Å²) in [5, 5.41) is 13.3. The van der Waals surface area contributed by atoms with Crippen LogP contribution in [-0.2, 0) is 16.1 Å². The Kier molecular flexibility index (Phi) is 8.42. The molecule has 0 bridgehead atoms. The quantitative estimate of drug-likeness (QED) is 0.418. The van der Waals surface area contributed by atoms with Crippen molar-refractivity contribution in [2.45, 2.75) is 6.61 Å². The van der Waals surface area contributed by atoms with Crippen LogP contribution < -0.4 is 10.2 Å². The van der Waals surface area contributed by atoms with Crippen LogP contribution in [0.4, 0.5) is 0 Å². The molecule has 1 fully saturated rings. The van der Waals surface area contributed by atoms with Gasteiger partial charge in [-0.25, -0.2) is 10.2 Å². The first-order valence-corrected chi connectivity index (χ1v) is 10.7. The van der Waals surface area contributed by atoms with Gasteiger partial charge in [-0.1, -0.05) is 23.7 Å². The Labute approximate surface area is 192 Å². The number of amides is 1. The topological polar surface area (TPSA) is 100 Å². The fourth-order valence-corrected chi connectivity index (χ4v) is 3.86. The van der Waals surface area contributed by atoms with Gasteiger partial charge in [0, 0.05) is 13.1 Å². The summed E-state index contributed by atoms with van der Waals surface area (Å²) in [6.07, 6.45) is 1.50. The monoisotopic (exact) mass is 509 g/mol. The minimum atomic E-state index is -0.979. The highest BCUT2D eigenvalue weighted by Crippen LogP contribution is 2.34. The molecule has 0 radical (unpaired) electrons. The molecule has 3 rings (SSSR count). The lowest BCUT2D eigenvalue weighted by Crippen LogP contribution is -2.42. The number of rotatable bonds is 8. The van der Waals surface area contributed by atoms with Gasteiger partial charge in [0.25, 0.3) is 5.91 Å². The number of aromatic carboxylic acids is 1. The minimum absolute atomic E-state index is 0.197. The highest BCUT2D eigenvalue weighted by molar-refractivity contribution is 9.10. The molecule has 0 unspecified atom stereocenters. The van der Waals surface area contributed by atoms with E-state index in [0.717, 1.165) is 18.7 Å². The maximum absolute atomic E-state index is 12.0. The van der Waals surface area contributed by atoms with Gasteiger partial charge in [-0.05, 0) is 51.3 Å². The first-order chi connectivity index (χ1) is 14.9. The molecule has 1 aliphatic heterocycles. The fraction of sp³-hybridized carbons (Fsp3) is 0.286. The molecular weight excluding hydrogens is 490 g/mol. The Bertz CT molecular complexity index is 939. The molecular formula is C21H21BrClN3O5. The van der Waals surface area contributed by atoms with Crippen LogP contribution in [0.25, 0.3) is 0 Å². The van der Waals surface area contributed by atoms with Crippen LogP contribution in [0.3, 0.4) is 0 Å². The third-order valence-corrected chi connectivity index (χ3v) is 5.35. The van der Waals surface area contributed by atoms with E-state index < -0.39 is 5.97 Å². The second-order valence-electron chi connectivity index (χ2n) is 6.79. The zero-order valence-electron chi connectivity index (χ0n) is 16.5. The number of carbonyl (C=O) groups excluding carboxylic acids is 1. The molecule has 1 aliphatic rings. The lowest BCUT2D eigenvalue weighted by Gasteiger charge is -2.25. The third-order valence-electron chi connectivity index (χ3n) is 4.48. The molecule has 0 aliphatic carbocycles. The Balaban J connectivity index is 1.54. The highest BCUT2D eigenvalue weighted by atomic mass is 79.9. The number of carboxylic acids is 1. The van der Waals surface area contributed by atoms with Crippen molar-refractivity contribution in [2.75, 3.05) is 32.8 Å². The van der Waals surface area contributed by atoms with Crippen LogP contribution in [0.5, 0.6) is 5.75 Å². The standard InChI is InChI=1S/C21H21BrClN3O5/c22-17-9-15(11-24-25-19(27)12-26-5-7-30-8-6-26)10-18(23)20(17)31-13-14-1-3-16(4-2-14)21(28)29/h1-4,9-11H,5-8,12-13H2,(H,25,27)(H,28,29)/b24-11+. The van der Waals surface area contributed by atoms with Gasteiger partial charge in [0.1, 0.15) is 6.61 Å². The normalized spacial score (nSPS) is 14.5. The summed E-state index contributed by atoms with van der Waals surface area (Å²) in [6.45, 7) is 3.21. The number of carboxylic acid groups (broad SMARTS) is 1. The van der Waals surface area contributed by atoms with Gasteiger partial charge in [-0.15, -0.1) is 0 Å². The fourth-order valence-electron chi connectivity index (χ4n) is 2.87. The number of hydrogen-bond acceptors (Lipinski definition) is 6. The number of morpholine rings is 1. The zero-order chi connectivity index (χ0) is 22.2. The van der Waals surface area contributed by atoms with Crippen molar-refractivity contribution in [3.8, 4) is 5.75 Å². The molecule has 2 aromatic carbocycles. The average molecular weight is 511 g/mol. The van der Waals surface area contributed by atoms with E-state index in [-0.39, 0.29) is 24.6 Å². The maximum atomic E-state index is 12.0. The molecule has 0 saturated carbocycles. The van der Waals surface area contributed by atoms with Crippen molar-refractivity contribution < 1.29 is 24.2 Å². The van der Waals surface area contributed by atoms with E-state index in [1.165, 1.54) is 18.3 Å². The first kappa shape index (κ1) is 23.2. The van der Waals surface area contributed by atoms with Gasteiger partial charge in [0.15, 0.2) is 5.75 Å². The van der Waals surface area contributed by atoms with E-state index in [0.29, 0.717) is 34.0 Å². The number of nitrogens with zero attached hydrogens (tertiary/aromatic N) is 2. The van der Waals surface area contributed by atoms with Gasteiger partial charge in [0.2, 0.25) is 0 Å². The van der Waals surface area contributed by atoms with Gasteiger partial charge >= 0.3 is 5.97 Å². The smallest absolute Gasteiger partial charge is 0.335 e. The highest BCUT2D eigenvalue weighted by Gasteiger charge is 2.14. The molecule has 0 aromatic heterocycles. The zero-order valence-corrected chi connectivity index (χ0v) is 18.9. The van der Waals surface area contributed by atoms with Crippen LogP contribution in [0, 0.1) is 0 Å². The van der Waals surface area contributed by atoms with Crippen LogP contribution in [0.2, 0.25) is 5.02 Å². The molecule has 1 amide bonds. The third kappa shape index (κ3) is 7.03. The largest absolute Gasteiger partial charge is 0.486 e. The van der Waals surface area contributed by atoms with Gasteiger partial charge in [-0.2, -0.15) is 5.10 Å². The second kappa shape index (κ2) is 11.2.